The summed E-state index contributed by atoms with van der Waals surface area (Å²) in [6.45, 7) is 3.44. The Balaban J connectivity index is 1.18. The van der Waals surface area contributed by atoms with Crippen LogP contribution in [0.1, 0.15) is 45.4 Å². The summed E-state index contributed by atoms with van der Waals surface area (Å²) in [5.41, 5.74) is 0.367. The molecule has 1 atom stereocenters. The Hall–Kier alpha value is -1.36. The van der Waals surface area contributed by atoms with Gasteiger partial charge in [-0.2, -0.15) is 0 Å². The first-order chi connectivity index (χ1) is 13.1. The van der Waals surface area contributed by atoms with E-state index < -0.39 is 0 Å². The standard InChI is InChI=1S/C22H29NO3S/c1-14(22-10-15-6-16(11-22)8-17(7-15)12-22)23-21(24)13-27-18-2-3-19-20(9-18)26-5-4-25-19/h2-3,9,14-17H,4-8,10-13H2,1H3,(H,23,24)/t14-,15?,16?,17?,22?/m1/s1. The van der Waals surface area contributed by atoms with E-state index in [0.717, 1.165) is 34.1 Å². The van der Waals surface area contributed by atoms with Gasteiger partial charge in [-0.1, -0.05) is 0 Å². The number of carbonyl (C=O) groups is 1. The number of fused-ring (bicyclic) bond motifs is 1. The van der Waals surface area contributed by atoms with Crippen LogP contribution in [0.4, 0.5) is 0 Å². The highest BCUT2D eigenvalue weighted by Crippen LogP contribution is 2.61. The predicted octanol–water partition coefficient (Wildman–Crippen LogP) is 4.27. The quantitative estimate of drug-likeness (QED) is 0.767. The second-order valence-corrected chi connectivity index (χ2v) is 10.2. The Morgan fingerprint density at radius 1 is 1.11 bits per heavy atom. The zero-order valence-electron chi connectivity index (χ0n) is 16.0. The second kappa shape index (κ2) is 6.91. The molecule has 0 aromatic heterocycles. The van der Waals surface area contributed by atoms with Gasteiger partial charge in [-0.25, -0.2) is 0 Å². The highest BCUT2D eigenvalue weighted by Gasteiger charge is 2.53. The minimum absolute atomic E-state index is 0.151. The molecule has 5 heteroatoms. The summed E-state index contributed by atoms with van der Waals surface area (Å²) in [6.07, 6.45) is 8.32. The van der Waals surface area contributed by atoms with Crippen LogP contribution < -0.4 is 14.8 Å². The van der Waals surface area contributed by atoms with Gasteiger partial charge in [-0.15, -0.1) is 11.8 Å². The van der Waals surface area contributed by atoms with Gasteiger partial charge in [0.2, 0.25) is 5.91 Å². The van der Waals surface area contributed by atoms with Gasteiger partial charge < -0.3 is 14.8 Å². The van der Waals surface area contributed by atoms with Crippen molar-refractivity contribution in [3.05, 3.63) is 18.2 Å². The van der Waals surface area contributed by atoms with Gasteiger partial charge >= 0.3 is 0 Å². The van der Waals surface area contributed by atoms with Gasteiger partial charge in [0.15, 0.2) is 11.5 Å². The van der Waals surface area contributed by atoms with Crippen molar-refractivity contribution in [3.63, 3.8) is 0 Å². The molecule has 0 saturated heterocycles. The summed E-state index contributed by atoms with van der Waals surface area (Å²) < 4.78 is 11.2. The van der Waals surface area contributed by atoms with E-state index in [0.29, 0.717) is 30.4 Å². The largest absolute Gasteiger partial charge is 0.486 e. The van der Waals surface area contributed by atoms with Crippen LogP contribution in [0.25, 0.3) is 0 Å². The summed E-state index contributed by atoms with van der Waals surface area (Å²) in [4.78, 5) is 13.7. The molecular weight excluding hydrogens is 358 g/mol. The fourth-order valence-electron chi connectivity index (χ4n) is 6.41. The zero-order valence-corrected chi connectivity index (χ0v) is 16.9. The first kappa shape index (κ1) is 17.7. The average Bonchev–Trinajstić information content (AvgIpc) is 2.65. The number of amides is 1. The number of rotatable bonds is 5. The summed E-state index contributed by atoms with van der Waals surface area (Å²) in [5.74, 6) is 4.95. The van der Waals surface area contributed by atoms with Crippen molar-refractivity contribution in [2.45, 2.75) is 56.4 Å². The van der Waals surface area contributed by atoms with E-state index in [1.165, 1.54) is 38.5 Å². The number of benzene rings is 1. The van der Waals surface area contributed by atoms with Crippen molar-refractivity contribution in [2.24, 2.45) is 23.2 Å². The van der Waals surface area contributed by atoms with Crippen LogP contribution in [-0.2, 0) is 4.79 Å². The Bertz CT molecular complexity index is 699. The van der Waals surface area contributed by atoms with Gasteiger partial charge in [-0.05, 0) is 86.8 Å². The Morgan fingerprint density at radius 2 is 1.74 bits per heavy atom. The maximum absolute atomic E-state index is 12.6. The molecule has 1 amide bonds. The van der Waals surface area contributed by atoms with Crippen LogP contribution >= 0.6 is 11.8 Å². The maximum atomic E-state index is 12.6. The minimum Gasteiger partial charge on any atom is -0.486 e. The predicted molar refractivity (Wildman–Crippen MR) is 106 cm³/mol. The highest BCUT2D eigenvalue weighted by atomic mass is 32.2. The van der Waals surface area contributed by atoms with Crippen LogP contribution in [0.3, 0.4) is 0 Å². The molecule has 4 nitrogen and oxygen atoms in total. The molecular formula is C22H29NO3S. The summed E-state index contributed by atoms with van der Waals surface area (Å²) in [5, 5.41) is 3.35. The molecule has 1 aromatic rings. The number of thioether (sulfide) groups is 1. The van der Waals surface area contributed by atoms with Crippen LogP contribution in [0, 0.1) is 23.2 Å². The fourth-order valence-corrected chi connectivity index (χ4v) is 7.14. The fraction of sp³-hybridized carbons (Fsp3) is 0.682. The third kappa shape index (κ3) is 3.43. The molecule has 4 bridgehead atoms. The van der Waals surface area contributed by atoms with E-state index in [4.69, 9.17) is 9.47 Å². The molecule has 0 spiro atoms. The van der Waals surface area contributed by atoms with Crippen molar-refractivity contribution in [1.82, 2.24) is 5.32 Å². The number of nitrogens with one attached hydrogen (secondary N) is 1. The monoisotopic (exact) mass is 387 g/mol. The van der Waals surface area contributed by atoms with E-state index in [2.05, 4.69) is 12.2 Å². The van der Waals surface area contributed by atoms with Crippen molar-refractivity contribution in [2.75, 3.05) is 19.0 Å². The number of ether oxygens (including phenoxy) is 2. The lowest BCUT2D eigenvalue weighted by Gasteiger charge is -2.59. The van der Waals surface area contributed by atoms with E-state index in [-0.39, 0.29) is 5.91 Å². The molecule has 1 aliphatic heterocycles. The molecule has 146 valence electrons. The highest BCUT2D eigenvalue weighted by molar-refractivity contribution is 8.00. The second-order valence-electron chi connectivity index (χ2n) is 9.16. The van der Waals surface area contributed by atoms with Gasteiger partial charge in [0.1, 0.15) is 13.2 Å². The number of carbonyl (C=O) groups excluding carboxylic acids is 1. The SMILES string of the molecule is C[C@@H](NC(=O)CSc1ccc2c(c1)OCCO2)C12CC3CC(CC(C3)C1)C2. The summed E-state index contributed by atoms with van der Waals surface area (Å²) in [7, 11) is 0. The van der Waals surface area contributed by atoms with Crippen LogP contribution in [0.5, 0.6) is 11.5 Å². The van der Waals surface area contributed by atoms with Crippen LogP contribution in [-0.4, -0.2) is 30.9 Å². The molecule has 4 saturated carbocycles. The normalized spacial score (nSPS) is 34.3. The molecule has 0 unspecified atom stereocenters. The first-order valence-electron chi connectivity index (χ1n) is 10.4. The van der Waals surface area contributed by atoms with Gasteiger partial charge in [0.25, 0.3) is 0 Å². The van der Waals surface area contributed by atoms with Crippen LogP contribution in [0.2, 0.25) is 0 Å². The lowest BCUT2D eigenvalue weighted by Crippen LogP contribution is -2.56. The molecule has 1 N–H and O–H groups in total. The number of hydrogen-bond donors (Lipinski definition) is 1. The Morgan fingerprint density at radius 3 is 2.41 bits per heavy atom. The molecule has 6 rings (SSSR count). The smallest absolute Gasteiger partial charge is 0.230 e. The third-order valence-electron chi connectivity index (χ3n) is 7.27. The average molecular weight is 388 g/mol. The topological polar surface area (TPSA) is 47.6 Å². The Kier molecular flexibility index (Phi) is 4.53. The molecule has 0 radical (unpaired) electrons. The number of hydrogen-bond acceptors (Lipinski definition) is 4. The third-order valence-corrected chi connectivity index (χ3v) is 8.26. The van der Waals surface area contributed by atoms with E-state index in [1.54, 1.807) is 11.8 Å². The van der Waals surface area contributed by atoms with Crippen LogP contribution in [0.15, 0.2) is 23.1 Å². The van der Waals surface area contributed by atoms with E-state index in [1.807, 2.05) is 18.2 Å². The van der Waals surface area contributed by atoms with Crippen molar-refractivity contribution >= 4 is 17.7 Å². The van der Waals surface area contributed by atoms with Gasteiger partial charge in [0, 0.05) is 10.9 Å². The molecule has 1 heterocycles. The van der Waals surface area contributed by atoms with Gasteiger partial charge in [-0.3, -0.25) is 4.79 Å². The summed E-state index contributed by atoms with van der Waals surface area (Å²) in [6, 6.07) is 6.22. The van der Waals surface area contributed by atoms with E-state index in [9.17, 15) is 4.79 Å². The van der Waals surface area contributed by atoms with E-state index >= 15 is 0 Å². The molecule has 4 aliphatic carbocycles. The first-order valence-corrected chi connectivity index (χ1v) is 11.4. The van der Waals surface area contributed by atoms with Crippen molar-refractivity contribution in [3.8, 4) is 11.5 Å². The molecule has 5 aliphatic rings. The molecule has 4 fully saturated rings. The lowest BCUT2D eigenvalue weighted by atomic mass is 9.48. The molecule has 27 heavy (non-hydrogen) atoms. The molecule has 1 aromatic carbocycles. The minimum atomic E-state index is 0.151. The lowest BCUT2D eigenvalue weighted by molar-refractivity contribution is -0.123. The van der Waals surface area contributed by atoms with Crippen molar-refractivity contribution < 1.29 is 14.3 Å². The maximum Gasteiger partial charge on any atom is 0.230 e. The van der Waals surface area contributed by atoms with Crippen molar-refractivity contribution in [1.29, 1.82) is 0 Å². The summed E-state index contributed by atoms with van der Waals surface area (Å²) >= 11 is 1.57. The Labute approximate surface area is 165 Å². The zero-order chi connectivity index (χ0) is 18.4. The van der Waals surface area contributed by atoms with Gasteiger partial charge in [0.05, 0.1) is 5.75 Å².